The molecule has 0 aliphatic carbocycles. The molecule has 0 saturated heterocycles. The third-order valence-corrected chi connectivity index (χ3v) is 6.87. The number of hydrogen-bond donors (Lipinski definition) is 2. The first-order valence-corrected chi connectivity index (χ1v) is 12.4. The van der Waals surface area contributed by atoms with Crippen LogP contribution in [0.3, 0.4) is 0 Å². The highest BCUT2D eigenvalue weighted by Crippen LogP contribution is 2.35. The lowest BCUT2D eigenvalue weighted by atomic mass is 10.1. The highest BCUT2D eigenvalue weighted by Gasteiger charge is 2.20. The standard InChI is InChI=1S/C28H23FN4O3S/c1-36-20-13-11-19(12-14-20)33-28-22(25(32-33)18-7-3-2-4-8-18)17-24(37-28)27(35)31-16-15-30-26(34)21-9-5-6-10-23(21)29/h2-14,17H,15-16H2,1H3,(H,30,34)(H,31,35). The molecule has 5 rings (SSSR count). The molecule has 0 spiro atoms. The Morgan fingerprint density at radius 2 is 1.59 bits per heavy atom. The third kappa shape index (κ3) is 5.07. The fourth-order valence-corrected chi connectivity index (χ4v) is 4.96. The molecule has 0 unspecified atom stereocenters. The van der Waals surface area contributed by atoms with E-state index < -0.39 is 11.7 Å². The first-order chi connectivity index (χ1) is 18.0. The summed E-state index contributed by atoms with van der Waals surface area (Å²) in [6.45, 7) is 0.363. The zero-order chi connectivity index (χ0) is 25.8. The van der Waals surface area contributed by atoms with Crippen molar-refractivity contribution in [3.05, 3.63) is 101 Å². The van der Waals surface area contributed by atoms with Gasteiger partial charge in [0.15, 0.2) is 0 Å². The SMILES string of the molecule is COc1ccc(-n2nc(-c3ccccc3)c3cc(C(=O)NCCNC(=O)c4ccccc4F)sc32)cc1. The zero-order valence-electron chi connectivity index (χ0n) is 19.9. The van der Waals surface area contributed by atoms with Gasteiger partial charge >= 0.3 is 0 Å². The summed E-state index contributed by atoms with van der Waals surface area (Å²) in [5.41, 5.74) is 2.53. The molecule has 7 nitrogen and oxygen atoms in total. The van der Waals surface area contributed by atoms with Crippen molar-refractivity contribution >= 4 is 33.4 Å². The van der Waals surface area contributed by atoms with E-state index in [0.29, 0.717) is 4.88 Å². The molecule has 3 aromatic carbocycles. The number of benzene rings is 3. The molecule has 5 aromatic rings. The van der Waals surface area contributed by atoms with Crippen molar-refractivity contribution in [2.24, 2.45) is 0 Å². The van der Waals surface area contributed by atoms with Crippen molar-refractivity contribution in [2.45, 2.75) is 0 Å². The van der Waals surface area contributed by atoms with Crippen LogP contribution in [0, 0.1) is 5.82 Å². The van der Waals surface area contributed by atoms with Crippen LogP contribution in [0.1, 0.15) is 20.0 Å². The Bertz CT molecular complexity index is 1560. The van der Waals surface area contributed by atoms with E-state index in [1.165, 1.54) is 29.5 Å². The number of hydrogen-bond acceptors (Lipinski definition) is 5. The highest BCUT2D eigenvalue weighted by molar-refractivity contribution is 7.20. The van der Waals surface area contributed by atoms with Gasteiger partial charge in [-0.25, -0.2) is 9.07 Å². The number of methoxy groups -OCH3 is 1. The number of halogens is 1. The Morgan fingerprint density at radius 1 is 0.919 bits per heavy atom. The van der Waals surface area contributed by atoms with Gasteiger partial charge in [-0.1, -0.05) is 42.5 Å². The van der Waals surface area contributed by atoms with Crippen LogP contribution in [0.15, 0.2) is 84.9 Å². The van der Waals surface area contributed by atoms with Gasteiger partial charge < -0.3 is 15.4 Å². The van der Waals surface area contributed by atoms with E-state index in [-0.39, 0.29) is 24.6 Å². The Hall–Kier alpha value is -4.50. The van der Waals surface area contributed by atoms with E-state index in [1.807, 2.05) is 65.3 Å². The lowest BCUT2D eigenvalue weighted by Crippen LogP contribution is -2.34. The predicted octanol–water partition coefficient (Wildman–Crippen LogP) is 5.06. The van der Waals surface area contributed by atoms with Crippen LogP contribution < -0.4 is 15.4 Å². The first-order valence-electron chi connectivity index (χ1n) is 11.6. The fourth-order valence-electron chi connectivity index (χ4n) is 3.91. The molecule has 0 aliphatic heterocycles. The number of fused-ring (bicyclic) bond motifs is 1. The first kappa shape index (κ1) is 24.2. The van der Waals surface area contributed by atoms with E-state index in [0.717, 1.165) is 32.9 Å². The molecule has 0 radical (unpaired) electrons. The van der Waals surface area contributed by atoms with E-state index in [9.17, 15) is 14.0 Å². The van der Waals surface area contributed by atoms with Gasteiger partial charge in [0, 0.05) is 24.0 Å². The monoisotopic (exact) mass is 514 g/mol. The minimum atomic E-state index is -0.588. The van der Waals surface area contributed by atoms with Crippen molar-refractivity contribution in [1.29, 1.82) is 0 Å². The van der Waals surface area contributed by atoms with Crippen molar-refractivity contribution in [2.75, 3.05) is 20.2 Å². The smallest absolute Gasteiger partial charge is 0.261 e. The average Bonchev–Trinajstić information content (AvgIpc) is 3.52. The van der Waals surface area contributed by atoms with Gasteiger partial charge in [-0.2, -0.15) is 5.10 Å². The molecule has 9 heteroatoms. The number of carbonyl (C=O) groups is 2. The zero-order valence-corrected chi connectivity index (χ0v) is 20.7. The molecular weight excluding hydrogens is 491 g/mol. The summed E-state index contributed by atoms with van der Waals surface area (Å²) in [6, 6.07) is 25.0. The Kier molecular flexibility index (Phi) is 6.96. The van der Waals surface area contributed by atoms with Crippen LogP contribution in [-0.2, 0) is 0 Å². The van der Waals surface area contributed by atoms with E-state index in [1.54, 1.807) is 13.2 Å². The third-order valence-electron chi connectivity index (χ3n) is 5.76. The summed E-state index contributed by atoms with van der Waals surface area (Å²) >= 11 is 1.34. The number of nitrogens with one attached hydrogen (secondary N) is 2. The Morgan fingerprint density at radius 3 is 2.30 bits per heavy atom. The van der Waals surface area contributed by atoms with Crippen LogP contribution in [0.5, 0.6) is 5.75 Å². The Balaban J connectivity index is 1.35. The maximum absolute atomic E-state index is 13.8. The largest absolute Gasteiger partial charge is 0.497 e. The fraction of sp³-hybridized carbons (Fsp3) is 0.107. The number of carbonyl (C=O) groups excluding carboxylic acids is 2. The van der Waals surface area contributed by atoms with Crippen LogP contribution >= 0.6 is 11.3 Å². The molecule has 37 heavy (non-hydrogen) atoms. The molecule has 2 aromatic heterocycles. The number of ether oxygens (including phenoxy) is 1. The molecule has 0 atom stereocenters. The van der Waals surface area contributed by atoms with Crippen LogP contribution in [0.25, 0.3) is 27.2 Å². The summed E-state index contributed by atoms with van der Waals surface area (Å²) in [5, 5.41) is 11.2. The van der Waals surface area contributed by atoms with E-state index >= 15 is 0 Å². The maximum atomic E-state index is 13.8. The number of nitrogens with zero attached hydrogens (tertiary/aromatic N) is 2. The molecule has 2 N–H and O–H groups in total. The van der Waals surface area contributed by atoms with Gasteiger partial charge in [-0.15, -0.1) is 11.3 Å². The summed E-state index contributed by atoms with van der Waals surface area (Å²) < 4.78 is 20.9. The summed E-state index contributed by atoms with van der Waals surface area (Å²) in [4.78, 5) is 26.5. The van der Waals surface area contributed by atoms with Crippen molar-refractivity contribution in [3.63, 3.8) is 0 Å². The van der Waals surface area contributed by atoms with Crippen LogP contribution in [0.4, 0.5) is 4.39 Å². The minimum Gasteiger partial charge on any atom is -0.497 e. The van der Waals surface area contributed by atoms with Gasteiger partial charge in [-0.3, -0.25) is 9.59 Å². The number of rotatable bonds is 8. The molecule has 0 aliphatic rings. The maximum Gasteiger partial charge on any atom is 0.261 e. The predicted molar refractivity (Wildman–Crippen MR) is 142 cm³/mol. The second-order valence-corrected chi connectivity index (χ2v) is 9.18. The van der Waals surface area contributed by atoms with Gasteiger partial charge in [0.2, 0.25) is 0 Å². The topological polar surface area (TPSA) is 85.2 Å². The quantitative estimate of drug-likeness (QED) is 0.284. The van der Waals surface area contributed by atoms with Crippen LogP contribution in [0.2, 0.25) is 0 Å². The second-order valence-electron chi connectivity index (χ2n) is 8.15. The summed E-state index contributed by atoms with van der Waals surface area (Å²) in [7, 11) is 1.62. The highest BCUT2D eigenvalue weighted by atomic mass is 32.1. The normalized spacial score (nSPS) is 10.9. The van der Waals surface area contributed by atoms with Crippen molar-refractivity contribution in [1.82, 2.24) is 20.4 Å². The van der Waals surface area contributed by atoms with Gasteiger partial charge in [-0.05, 0) is 42.5 Å². The van der Waals surface area contributed by atoms with Crippen molar-refractivity contribution in [3.8, 4) is 22.7 Å². The van der Waals surface area contributed by atoms with Crippen LogP contribution in [-0.4, -0.2) is 41.8 Å². The molecule has 2 amide bonds. The number of aromatic nitrogens is 2. The van der Waals surface area contributed by atoms with E-state index in [4.69, 9.17) is 9.84 Å². The number of thiophene rings is 1. The molecular formula is C28H23FN4O3S. The van der Waals surface area contributed by atoms with Gasteiger partial charge in [0.1, 0.15) is 22.1 Å². The summed E-state index contributed by atoms with van der Waals surface area (Å²) in [5.74, 6) is -0.638. The molecule has 0 saturated carbocycles. The molecule has 0 fully saturated rings. The average molecular weight is 515 g/mol. The van der Waals surface area contributed by atoms with Crippen molar-refractivity contribution < 1.29 is 18.7 Å². The number of amides is 2. The van der Waals surface area contributed by atoms with E-state index in [2.05, 4.69) is 10.6 Å². The molecule has 2 heterocycles. The minimum absolute atomic E-state index is 0.0325. The van der Waals surface area contributed by atoms with Gasteiger partial charge in [0.05, 0.1) is 23.2 Å². The second kappa shape index (κ2) is 10.6. The summed E-state index contributed by atoms with van der Waals surface area (Å²) in [6.07, 6.45) is 0. The Labute approximate surface area is 216 Å². The lowest BCUT2D eigenvalue weighted by molar-refractivity contribution is 0.0927. The van der Waals surface area contributed by atoms with Gasteiger partial charge in [0.25, 0.3) is 11.8 Å². The molecule has 186 valence electrons. The molecule has 0 bridgehead atoms. The lowest BCUT2D eigenvalue weighted by Gasteiger charge is -2.07.